The monoisotopic (exact) mass is 598 g/mol. The maximum Gasteiger partial charge on any atom is 0.326 e. The number of carbonyl (C=O) groups excluding carboxylic acids is 1. The summed E-state index contributed by atoms with van der Waals surface area (Å²) < 4.78 is 22.9. The third-order valence-electron chi connectivity index (χ3n) is 6.91. The summed E-state index contributed by atoms with van der Waals surface area (Å²) in [4.78, 5) is 25.3. The number of carboxylic acid groups (broad SMARTS) is 1. The van der Waals surface area contributed by atoms with Gasteiger partial charge in [0.05, 0.1) is 20.6 Å². The van der Waals surface area contributed by atoms with Crippen molar-refractivity contribution in [2.45, 2.75) is 57.4 Å². The largest absolute Gasteiger partial charge is 0.480 e. The molecule has 38 heavy (non-hydrogen) atoms. The summed E-state index contributed by atoms with van der Waals surface area (Å²) >= 11 is 18.0. The number of anilines is 1. The number of rotatable bonds is 12. The number of hydrogen-bond acceptors (Lipinski definition) is 5. The number of unbranched alkanes of at least 4 members (excludes halogenated alkanes) is 1. The van der Waals surface area contributed by atoms with Crippen LogP contribution in [0.5, 0.6) is 0 Å². The van der Waals surface area contributed by atoms with Crippen LogP contribution < -0.4 is 10.6 Å². The van der Waals surface area contributed by atoms with Crippen LogP contribution in [0.25, 0.3) is 0 Å². The van der Waals surface area contributed by atoms with Crippen molar-refractivity contribution in [2.24, 2.45) is 5.41 Å². The fraction of sp³-hybridized carbons (Fsp3) is 0.444. The average Bonchev–Trinajstić information content (AvgIpc) is 3.32. The molecule has 1 aliphatic rings. The van der Waals surface area contributed by atoms with Crippen LogP contribution in [-0.4, -0.2) is 48.4 Å². The number of hydrogen-bond donors (Lipinski definition) is 3. The second-order valence-electron chi connectivity index (χ2n) is 9.89. The van der Waals surface area contributed by atoms with E-state index in [9.17, 15) is 23.1 Å². The van der Waals surface area contributed by atoms with E-state index in [1.165, 1.54) is 6.26 Å². The predicted octanol–water partition coefficient (Wildman–Crippen LogP) is 5.93. The van der Waals surface area contributed by atoms with Gasteiger partial charge in [0, 0.05) is 29.5 Å². The first-order valence-electron chi connectivity index (χ1n) is 12.5. The van der Waals surface area contributed by atoms with Crippen molar-refractivity contribution in [1.82, 2.24) is 5.32 Å². The van der Waals surface area contributed by atoms with Crippen LogP contribution in [0.1, 0.15) is 60.9 Å². The van der Waals surface area contributed by atoms with Crippen LogP contribution in [0.3, 0.4) is 0 Å². The summed E-state index contributed by atoms with van der Waals surface area (Å²) in [6, 6.07) is 10.8. The van der Waals surface area contributed by atoms with E-state index < -0.39 is 27.8 Å². The lowest BCUT2D eigenvalue weighted by Gasteiger charge is -2.32. The molecule has 1 saturated carbocycles. The molecule has 0 aromatic heterocycles. The summed E-state index contributed by atoms with van der Waals surface area (Å²) in [5.74, 6) is -1.31. The standard InChI is InChI=1S/C27H32Cl2N2O5S2/c1-38(35,36)16-5-4-15-27(13-2-3-14-27)26(37)31-22(25(33)34)17-18-9-11-19(12-10-18)30-24(32)23-20(28)7-6-8-21(23)29/h6-12,22H,2-5,13-17H2,1H3,(H,30,32)(H,31,37)(H,33,34)/t22-/m0/s1. The second kappa shape index (κ2) is 13.2. The minimum absolute atomic E-state index is 0.142. The highest BCUT2D eigenvalue weighted by molar-refractivity contribution is 7.90. The van der Waals surface area contributed by atoms with Crippen molar-refractivity contribution >= 4 is 67.8 Å². The zero-order valence-electron chi connectivity index (χ0n) is 21.1. The lowest BCUT2D eigenvalue weighted by Crippen LogP contribution is -2.47. The van der Waals surface area contributed by atoms with Crippen molar-refractivity contribution in [3.05, 3.63) is 63.6 Å². The molecule has 0 bridgehead atoms. The van der Waals surface area contributed by atoms with Gasteiger partial charge in [-0.25, -0.2) is 13.2 Å². The van der Waals surface area contributed by atoms with Gasteiger partial charge in [0.1, 0.15) is 15.9 Å². The van der Waals surface area contributed by atoms with E-state index in [-0.39, 0.29) is 33.2 Å². The van der Waals surface area contributed by atoms with Gasteiger partial charge in [0.25, 0.3) is 5.91 Å². The highest BCUT2D eigenvalue weighted by atomic mass is 35.5. The molecule has 0 unspecified atom stereocenters. The molecule has 2 aromatic rings. The molecule has 206 valence electrons. The fourth-order valence-corrected chi connectivity index (χ4v) is 6.60. The number of nitrogens with one attached hydrogen (secondary N) is 2. The van der Waals surface area contributed by atoms with Gasteiger partial charge >= 0.3 is 5.97 Å². The van der Waals surface area contributed by atoms with Gasteiger partial charge < -0.3 is 15.7 Å². The van der Waals surface area contributed by atoms with Gasteiger partial charge in [-0.2, -0.15) is 0 Å². The highest BCUT2D eigenvalue weighted by Crippen LogP contribution is 2.43. The summed E-state index contributed by atoms with van der Waals surface area (Å²) in [6.07, 6.45) is 7.22. The molecule has 11 heteroatoms. The van der Waals surface area contributed by atoms with E-state index in [0.717, 1.165) is 44.1 Å². The number of carbonyl (C=O) groups is 2. The summed E-state index contributed by atoms with van der Waals surface area (Å²) in [6.45, 7) is 0. The third kappa shape index (κ3) is 8.40. The second-order valence-corrected chi connectivity index (χ2v) is 13.4. The van der Waals surface area contributed by atoms with Gasteiger partial charge in [-0.15, -0.1) is 0 Å². The molecule has 2 aromatic carbocycles. The van der Waals surface area contributed by atoms with E-state index in [0.29, 0.717) is 17.1 Å². The SMILES string of the molecule is CS(=O)(=O)CCCCC1(C(=S)N[C@@H](Cc2ccc(NC(=O)c3c(Cl)cccc3Cl)cc2)C(=O)O)CCCC1. The lowest BCUT2D eigenvalue weighted by molar-refractivity contribution is -0.139. The van der Waals surface area contributed by atoms with E-state index in [1.54, 1.807) is 42.5 Å². The Balaban J connectivity index is 1.63. The number of halogens is 2. The topological polar surface area (TPSA) is 113 Å². The molecule has 0 aliphatic heterocycles. The van der Waals surface area contributed by atoms with Crippen LogP contribution in [-0.2, 0) is 21.1 Å². The Morgan fingerprint density at radius 1 is 1.05 bits per heavy atom. The number of thiocarbonyl (C=S) groups is 1. The maximum atomic E-state index is 12.6. The Bertz CT molecular complexity index is 1260. The van der Waals surface area contributed by atoms with Gasteiger partial charge in [0.2, 0.25) is 0 Å². The molecular weight excluding hydrogens is 567 g/mol. The normalized spacial score (nSPS) is 15.6. The van der Waals surface area contributed by atoms with Crippen LogP contribution in [0.2, 0.25) is 10.0 Å². The first kappa shape index (κ1) is 30.3. The van der Waals surface area contributed by atoms with Gasteiger partial charge in [0.15, 0.2) is 0 Å². The Hall–Kier alpha value is -2.20. The highest BCUT2D eigenvalue weighted by Gasteiger charge is 2.39. The van der Waals surface area contributed by atoms with Crippen LogP contribution in [0.4, 0.5) is 5.69 Å². The van der Waals surface area contributed by atoms with Crippen molar-refractivity contribution in [2.75, 3.05) is 17.3 Å². The van der Waals surface area contributed by atoms with E-state index in [4.69, 9.17) is 35.4 Å². The molecule has 0 radical (unpaired) electrons. The van der Waals surface area contributed by atoms with E-state index in [2.05, 4.69) is 10.6 Å². The number of benzene rings is 2. The molecule has 0 heterocycles. The Morgan fingerprint density at radius 2 is 1.66 bits per heavy atom. The van der Waals surface area contributed by atoms with Crippen LogP contribution >= 0.6 is 35.4 Å². The molecule has 0 spiro atoms. The molecule has 1 aliphatic carbocycles. The van der Waals surface area contributed by atoms with Gasteiger partial charge in [-0.05, 0) is 55.5 Å². The maximum absolute atomic E-state index is 12.6. The van der Waals surface area contributed by atoms with Crippen molar-refractivity contribution in [1.29, 1.82) is 0 Å². The molecule has 0 saturated heterocycles. The van der Waals surface area contributed by atoms with Crippen LogP contribution in [0, 0.1) is 5.41 Å². The van der Waals surface area contributed by atoms with E-state index >= 15 is 0 Å². The Morgan fingerprint density at radius 3 is 2.21 bits per heavy atom. The first-order valence-corrected chi connectivity index (χ1v) is 15.7. The smallest absolute Gasteiger partial charge is 0.326 e. The molecule has 7 nitrogen and oxygen atoms in total. The molecular formula is C27H32Cl2N2O5S2. The quantitative estimate of drug-likeness (QED) is 0.205. The molecule has 3 N–H and O–H groups in total. The Kier molecular flexibility index (Phi) is 10.6. The molecule has 1 amide bonds. The summed E-state index contributed by atoms with van der Waals surface area (Å²) in [5, 5.41) is 16.2. The minimum atomic E-state index is -3.01. The molecule has 1 fully saturated rings. The molecule has 3 rings (SSSR count). The minimum Gasteiger partial charge on any atom is -0.480 e. The zero-order valence-corrected chi connectivity index (χ0v) is 24.3. The molecule has 1 atom stereocenters. The Labute approximate surface area is 239 Å². The fourth-order valence-electron chi connectivity index (χ4n) is 4.85. The summed E-state index contributed by atoms with van der Waals surface area (Å²) in [7, 11) is -3.01. The van der Waals surface area contributed by atoms with Crippen molar-refractivity contribution in [3.8, 4) is 0 Å². The third-order valence-corrected chi connectivity index (χ3v) is 9.12. The number of carboxylic acids is 1. The predicted molar refractivity (Wildman–Crippen MR) is 156 cm³/mol. The number of sulfone groups is 1. The number of amides is 1. The van der Waals surface area contributed by atoms with Gasteiger partial charge in [-0.3, -0.25) is 4.79 Å². The summed E-state index contributed by atoms with van der Waals surface area (Å²) in [5.41, 5.74) is 1.16. The lowest BCUT2D eigenvalue weighted by atomic mass is 9.80. The average molecular weight is 600 g/mol. The van der Waals surface area contributed by atoms with Crippen molar-refractivity contribution in [3.63, 3.8) is 0 Å². The zero-order chi connectivity index (χ0) is 27.9. The van der Waals surface area contributed by atoms with Gasteiger partial charge in [-0.1, -0.05) is 72.9 Å². The van der Waals surface area contributed by atoms with Crippen molar-refractivity contribution < 1.29 is 23.1 Å². The number of aliphatic carboxylic acids is 1. The van der Waals surface area contributed by atoms with E-state index in [1.807, 2.05) is 0 Å². The first-order chi connectivity index (χ1) is 17.9. The van der Waals surface area contributed by atoms with Crippen LogP contribution in [0.15, 0.2) is 42.5 Å².